The maximum Gasteiger partial charge on any atom is 1.00 e. The van der Waals surface area contributed by atoms with E-state index >= 15 is 0 Å². The molecule has 0 atom stereocenters. The molecule has 0 heterocycles. The fourth-order valence-corrected chi connectivity index (χ4v) is 3.25. The van der Waals surface area contributed by atoms with Crippen molar-refractivity contribution in [1.29, 1.82) is 0 Å². The maximum absolute atomic E-state index is 11.7. The summed E-state index contributed by atoms with van der Waals surface area (Å²) in [5.41, 5.74) is 0.472. The van der Waals surface area contributed by atoms with Crippen molar-refractivity contribution in [2.45, 2.75) is 82.4 Å². The van der Waals surface area contributed by atoms with Gasteiger partial charge in [-0.15, -0.1) is 5.75 Å². The Balaban J connectivity index is 0.00000529. The van der Waals surface area contributed by atoms with Crippen LogP contribution in [0.25, 0.3) is 0 Å². The van der Waals surface area contributed by atoms with Crippen molar-refractivity contribution < 1.29 is 69.5 Å². The Morgan fingerprint density at radius 1 is 0.917 bits per heavy atom. The molecule has 1 rings (SSSR count). The van der Waals surface area contributed by atoms with Gasteiger partial charge in [0.15, 0.2) is 0 Å². The number of hydrogen-bond acceptors (Lipinski definition) is 3. The van der Waals surface area contributed by atoms with E-state index in [-0.39, 0.29) is 62.0 Å². The zero-order valence-corrected chi connectivity index (χ0v) is 19.0. The average Bonchev–Trinajstić information content (AvgIpc) is 2.49. The van der Waals surface area contributed by atoms with Gasteiger partial charge in [-0.25, -0.2) is 0 Å². The molecular formula is C18H29KO4S. The molecular weight excluding hydrogens is 351 g/mol. The van der Waals surface area contributed by atoms with E-state index in [0.29, 0.717) is 12.0 Å². The van der Waals surface area contributed by atoms with Crippen LogP contribution in [-0.2, 0) is 16.5 Å². The molecule has 0 fully saturated rings. The minimum Gasteiger partial charge on any atom is -0.872 e. The van der Waals surface area contributed by atoms with Crippen LogP contribution < -0.4 is 56.5 Å². The molecule has 0 bridgehead atoms. The van der Waals surface area contributed by atoms with E-state index in [1.165, 1.54) is 57.1 Å². The second-order valence-corrected chi connectivity index (χ2v) is 7.60. The van der Waals surface area contributed by atoms with Gasteiger partial charge in [0.05, 0.1) is 4.90 Å². The van der Waals surface area contributed by atoms with E-state index in [1.807, 2.05) is 0 Å². The van der Waals surface area contributed by atoms with Crippen LogP contribution in [0.2, 0.25) is 0 Å². The second kappa shape index (κ2) is 13.7. The van der Waals surface area contributed by atoms with E-state index in [9.17, 15) is 13.5 Å². The van der Waals surface area contributed by atoms with Crippen molar-refractivity contribution in [3.05, 3.63) is 23.8 Å². The number of rotatable bonds is 12. The normalized spacial score (nSPS) is 11.2. The van der Waals surface area contributed by atoms with Gasteiger partial charge in [-0.2, -0.15) is 8.42 Å². The Bertz CT molecular complexity index is 558. The summed E-state index contributed by atoms with van der Waals surface area (Å²) in [7, 11) is -4.23. The summed E-state index contributed by atoms with van der Waals surface area (Å²) in [6.07, 6.45) is 12.7. The standard InChI is InChI=1S/C18H30O4S.K/c1-2-3-4-5-6-7-8-9-10-11-12-16-15-17(23(20,21)22)13-14-18(16)19;/h13-15,19H,2-12H2,1H3,(H,20,21,22);/q;+1/p-1. The molecule has 0 unspecified atom stereocenters. The molecule has 1 aromatic rings. The molecule has 0 saturated heterocycles. The van der Waals surface area contributed by atoms with Crippen molar-refractivity contribution in [3.8, 4) is 5.75 Å². The van der Waals surface area contributed by atoms with Crippen molar-refractivity contribution in [2.24, 2.45) is 0 Å². The molecule has 0 aromatic heterocycles. The molecule has 0 aliphatic heterocycles. The molecule has 6 heteroatoms. The second-order valence-electron chi connectivity index (χ2n) is 6.18. The molecule has 1 N–H and O–H groups in total. The summed E-state index contributed by atoms with van der Waals surface area (Å²) in [6, 6.07) is 3.67. The zero-order chi connectivity index (χ0) is 17.1. The third-order valence-electron chi connectivity index (χ3n) is 4.13. The largest absolute Gasteiger partial charge is 1.00 e. The van der Waals surface area contributed by atoms with Gasteiger partial charge in [-0.1, -0.05) is 76.3 Å². The van der Waals surface area contributed by atoms with Crippen LogP contribution in [0.5, 0.6) is 5.75 Å². The van der Waals surface area contributed by atoms with Crippen molar-refractivity contribution in [1.82, 2.24) is 0 Å². The zero-order valence-electron chi connectivity index (χ0n) is 15.1. The molecule has 4 nitrogen and oxygen atoms in total. The van der Waals surface area contributed by atoms with Crippen LogP contribution in [-0.4, -0.2) is 13.0 Å². The van der Waals surface area contributed by atoms with Crippen LogP contribution in [0.1, 0.15) is 76.7 Å². The summed E-state index contributed by atoms with van der Waals surface area (Å²) in [4.78, 5) is -0.195. The Labute approximate surface area is 189 Å². The van der Waals surface area contributed by atoms with Gasteiger partial charge in [-0.05, 0) is 25.0 Å². The summed E-state index contributed by atoms with van der Waals surface area (Å²) in [6.45, 7) is 2.22. The Kier molecular flexibility index (Phi) is 14.1. The Morgan fingerprint density at radius 2 is 1.42 bits per heavy atom. The number of unbranched alkanes of at least 4 members (excludes halogenated alkanes) is 9. The quantitative estimate of drug-likeness (QED) is 0.338. The van der Waals surface area contributed by atoms with Crippen LogP contribution >= 0.6 is 0 Å². The molecule has 0 amide bonds. The van der Waals surface area contributed by atoms with Gasteiger partial charge in [0.1, 0.15) is 0 Å². The molecule has 0 aliphatic carbocycles. The first-order valence-corrected chi connectivity index (χ1v) is 10.2. The van der Waals surface area contributed by atoms with Gasteiger partial charge < -0.3 is 5.11 Å². The minimum atomic E-state index is -4.23. The Morgan fingerprint density at radius 3 is 1.92 bits per heavy atom. The van der Waals surface area contributed by atoms with Gasteiger partial charge in [0.2, 0.25) is 0 Å². The van der Waals surface area contributed by atoms with Crippen LogP contribution in [0.4, 0.5) is 0 Å². The van der Waals surface area contributed by atoms with Gasteiger partial charge >= 0.3 is 51.4 Å². The molecule has 132 valence electrons. The van der Waals surface area contributed by atoms with E-state index < -0.39 is 10.1 Å². The van der Waals surface area contributed by atoms with E-state index in [2.05, 4.69) is 6.92 Å². The molecule has 24 heavy (non-hydrogen) atoms. The summed E-state index contributed by atoms with van der Waals surface area (Å²) >= 11 is 0. The third-order valence-corrected chi connectivity index (χ3v) is 4.98. The maximum atomic E-state index is 11.7. The van der Waals surface area contributed by atoms with Crippen molar-refractivity contribution in [2.75, 3.05) is 0 Å². The predicted molar refractivity (Wildman–Crippen MR) is 91.3 cm³/mol. The van der Waals surface area contributed by atoms with Crippen LogP contribution in [0.3, 0.4) is 0 Å². The topological polar surface area (TPSA) is 77.4 Å². The summed E-state index contributed by atoms with van der Waals surface area (Å²) < 4.78 is 31.2. The van der Waals surface area contributed by atoms with Gasteiger partial charge in [0, 0.05) is 0 Å². The SMILES string of the molecule is CCCCCCCCCCCCc1cc(S(=O)(=O)O)ccc1[O-].[K+]. The average molecular weight is 381 g/mol. The van der Waals surface area contributed by atoms with Crippen LogP contribution in [0.15, 0.2) is 23.1 Å². The fourth-order valence-electron chi connectivity index (χ4n) is 2.71. The monoisotopic (exact) mass is 380 g/mol. The van der Waals surface area contributed by atoms with Crippen molar-refractivity contribution in [3.63, 3.8) is 0 Å². The number of aryl methyl sites for hydroxylation is 1. The predicted octanol–water partition coefficient (Wildman–Crippen LogP) is 1.47. The van der Waals surface area contributed by atoms with E-state index in [4.69, 9.17) is 4.55 Å². The number of benzene rings is 1. The fraction of sp³-hybridized carbons (Fsp3) is 0.667. The van der Waals surface area contributed by atoms with Gasteiger partial charge in [-0.3, -0.25) is 4.55 Å². The van der Waals surface area contributed by atoms with E-state index in [1.54, 1.807) is 0 Å². The van der Waals surface area contributed by atoms with Crippen LogP contribution in [0, 0.1) is 0 Å². The molecule has 0 aliphatic rings. The van der Waals surface area contributed by atoms with Gasteiger partial charge in [0.25, 0.3) is 10.1 Å². The molecule has 0 spiro atoms. The van der Waals surface area contributed by atoms with E-state index in [0.717, 1.165) is 25.3 Å². The molecule has 1 aromatic carbocycles. The number of hydrogen-bond donors (Lipinski definition) is 1. The third kappa shape index (κ3) is 10.5. The first-order valence-electron chi connectivity index (χ1n) is 8.72. The minimum absolute atomic E-state index is 0. The molecule has 0 saturated carbocycles. The van der Waals surface area contributed by atoms with Crippen molar-refractivity contribution >= 4 is 10.1 Å². The molecule has 0 radical (unpaired) electrons. The smallest absolute Gasteiger partial charge is 0.872 e. The first kappa shape index (κ1) is 24.6. The summed E-state index contributed by atoms with van der Waals surface area (Å²) in [5.74, 6) is -0.159. The first-order chi connectivity index (χ1) is 10.9. The summed E-state index contributed by atoms with van der Waals surface area (Å²) in [5, 5.41) is 11.7. The Hall–Kier alpha value is 0.566.